The Kier molecular flexibility index (Phi) is 8.05. The van der Waals surface area contributed by atoms with Gasteiger partial charge in [-0.1, -0.05) is 0 Å². The van der Waals surface area contributed by atoms with E-state index in [2.05, 4.69) is 15.3 Å². The molecule has 0 radical (unpaired) electrons. The number of nitrogens with one attached hydrogen (secondary N) is 2. The summed E-state index contributed by atoms with van der Waals surface area (Å²) in [5, 5.41) is 29.7. The Morgan fingerprint density at radius 3 is 3.00 bits per heavy atom. The maximum atomic E-state index is 8.98. The number of aromatic nitrogens is 1. The van der Waals surface area contributed by atoms with Gasteiger partial charge in [-0.05, 0) is 0 Å². The Morgan fingerprint density at radius 1 is 1.59 bits per heavy atom. The van der Waals surface area contributed by atoms with Crippen LogP contribution in [0, 0.1) is 16.9 Å². The van der Waals surface area contributed by atoms with Crippen molar-refractivity contribution in [3.05, 3.63) is 11.1 Å². The number of guanidine groups is 2. The van der Waals surface area contributed by atoms with Gasteiger partial charge in [-0.2, -0.15) is 17.0 Å². The first-order chi connectivity index (χ1) is 10.6. The lowest BCUT2D eigenvalue weighted by molar-refractivity contribution is 0.253. The fraction of sp³-hybridized carbons (Fsp3) is 0.455. The highest BCUT2D eigenvalue weighted by Crippen LogP contribution is 2.19. The van der Waals surface area contributed by atoms with Crippen LogP contribution >= 0.6 is 23.1 Å². The second-order valence-corrected chi connectivity index (χ2v) is 5.98. The molecule has 1 aromatic rings. The molecule has 22 heavy (non-hydrogen) atoms. The molecule has 1 aromatic heterocycles. The van der Waals surface area contributed by atoms with E-state index in [4.69, 9.17) is 27.2 Å². The summed E-state index contributed by atoms with van der Waals surface area (Å²) < 4.78 is 0. The number of nitriles is 1. The molecule has 0 bridgehead atoms. The summed E-state index contributed by atoms with van der Waals surface area (Å²) in [6.07, 6.45) is 1.63. The van der Waals surface area contributed by atoms with Crippen LogP contribution in [0.1, 0.15) is 5.69 Å². The van der Waals surface area contributed by atoms with Gasteiger partial charge in [0.15, 0.2) is 11.1 Å². The third kappa shape index (κ3) is 6.61. The average molecular weight is 342 g/mol. The highest BCUT2D eigenvalue weighted by molar-refractivity contribution is 7.98. The van der Waals surface area contributed by atoms with E-state index in [0.29, 0.717) is 24.0 Å². The van der Waals surface area contributed by atoms with E-state index in [1.165, 1.54) is 11.3 Å². The van der Waals surface area contributed by atoms with Crippen LogP contribution in [0.2, 0.25) is 0 Å². The zero-order valence-corrected chi connectivity index (χ0v) is 13.5. The van der Waals surface area contributed by atoms with Gasteiger partial charge in [0.05, 0.1) is 12.3 Å². The summed E-state index contributed by atoms with van der Waals surface area (Å²) in [7, 11) is 0. The molecule has 0 saturated carbocycles. The standard InChI is InChI=1S/C11H18N8OS2/c12-7-16-10(15)19(1-3-20)2-4-21-5-8-6-22-11(17-8)18-9(13)14/h6,20H,1-5H2,(H2,15,16)(H4,13,14,17,18). The molecule has 0 aliphatic heterocycles. The first kappa shape index (κ1) is 18.0. The van der Waals surface area contributed by atoms with Gasteiger partial charge in [0.2, 0.25) is 12.2 Å². The zero-order valence-electron chi connectivity index (χ0n) is 11.8. The third-order valence-electron chi connectivity index (χ3n) is 2.41. The van der Waals surface area contributed by atoms with Crippen molar-refractivity contribution < 1.29 is 5.11 Å². The Hall–Kier alpha value is -2.03. The molecule has 1 heterocycles. The monoisotopic (exact) mass is 342 g/mol. The van der Waals surface area contributed by atoms with Gasteiger partial charge in [-0.15, -0.1) is 16.3 Å². The van der Waals surface area contributed by atoms with Crippen LogP contribution in [-0.2, 0) is 5.75 Å². The number of hydrogen-bond donors (Lipinski definition) is 5. The first-order valence-electron chi connectivity index (χ1n) is 6.28. The van der Waals surface area contributed by atoms with Gasteiger partial charge < -0.3 is 26.8 Å². The Labute approximate surface area is 136 Å². The van der Waals surface area contributed by atoms with Gasteiger partial charge in [-0.25, -0.2) is 4.98 Å². The number of aliphatic imine (C=N–C) groups is 1. The smallest absolute Gasteiger partial charge is 0.209 e. The van der Waals surface area contributed by atoms with Gasteiger partial charge in [0, 0.05) is 30.0 Å². The quantitative estimate of drug-likeness (QED) is 0.187. The normalized spacial score (nSPS) is 11.0. The molecule has 0 aromatic carbocycles. The number of aliphatic hydroxyl groups excluding tert-OH is 1. The van der Waals surface area contributed by atoms with Gasteiger partial charge in [0.25, 0.3) is 0 Å². The Balaban J connectivity index is 2.36. The maximum absolute atomic E-state index is 8.98. The molecule has 0 amide bonds. The number of hydrogen-bond acceptors (Lipinski definition) is 7. The summed E-state index contributed by atoms with van der Waals surface area (Å²) in [6, 6.07) is 0. The minimum Gasteiger partial charge on any atom is -0.395 e. The molecule has 0 aliphatic carbocycles. The van der Waals surface area contributed by atoms with Crippen LogP contribution in [-0.4, -0.2) is 52.4 Å². The van der Waals surface area contributed by atoms with Crippen molar-refractivity contribution >= 4 is 40.1 Å². The fourth-order valence-corrected chi connectivity index (χ4v) is 3.16. The van der Waals surface area contributed by atoms with E-state index < -0.39 is 0 Å². The summed E-state index contributed by atoms with van der Waals surface area (Å²) >= 11 is 3.03. The SMILES string of the molecule is N#CN=C(N)N(CCO)CCSCc1csc(NC(=N)N)n1. The lowest BCUT2D eigenvalue weighted by atomic mass is 10.5. The predicted octanol–water partition coefficient (Wildman–Crippen LogP) is -0.228. The molecule has 0 spiro atoms. The molecule has 0 aliphatic rings. The molecule has 7 N–H and O–H groups in total. The lowest BCUT2D eigenvalue weighted by Gasteiger charge is -2.21. The van der Waals surface area contributed by atoms with Crippen molar-refractivity contribution in [2.75, 3.05) is 30.8 Å². The zero-order chi connectivity index (χ0) is 16.4. The highest BCUT2D eigenvalue weighted by atomic mass is 32.2. The van der Waals surface area contributed by atoms with E-state index in [1.54, 1.807) is 22.9 Å². The van der Waals surface area contributed by atoms with Crippen molar-refractivity contribution in [1.82, 2.24) is 9.88 Å². The number of aliphatic hydroxyl groups is 1. The second kappa shape index (κ2) is 9.82. The number of anilines is 1. The Bertz CT molecular complexity index is 553. The molecule has 0 fully saturated rings. The second-order valence-electron chi connectivity index (χ2n) is 4.02. The van der Waals surface area contributed by atoms with Crippen molar-refractivity contribution in [1.29, 1.82) is 10.7 Å². The van der Waals surface area contributed by atoms with Crippen molar-refractivity contribution in [3.8, 4) is 6.19 Å². The molecule has 0 unspecified atom stereocenters. The van der Waals surface area contributed by atoms with Crippen LogP contribution < -0.4 is 16.8 Å². The number of nitrogens with zero attached hydrogens (tertiary/aromatic N) is 4. The minimum atomic E-state index is -0.138. The summed E-state index contributed by atoms with van der Waals surface area (Å²) in [6.45, 7) is 0.852. The van der Waals surface area contributed by atoms with Gasteiger partial charge >= 0.3 is 0 Å². The number of rotatable bonds is 8. The molecule has 0 atom stereocenters. The van der Waals surface area contributed by atoms with Gasteiger partial charge in [0.1, 0.15) is 0 Å². The van der Waals surface area contributed by atoms with E-state index >= 15 is 0 Å². The summed E-state index contributed by atoms with van der Waals surface area (Å²) in [4.78, 5) is 9.41. The fourth-order valence-electron chi connectivity index (χ4n) is 1.48. The predicted molar refractivity (Wildman–Crippen MR) is 89.7 cm³/mol. The molecule has 9 nitrogen and oxygen atoms in total. The first-order valence-corrected chi connectivity index (χ1v) is 8.31. The number of thioether (sulfide) groups is 1. The minimum absolute atomic E-state index is 0.0571. The third-order valence-corrected chi connectivity index (χ3v) is 4.18. The number of nitrogens with two attached hydrogens (primary N) is 2. The van der Waals surface area contributed by atoms with E-state index in [1.807, 2.05) is 5.38 Å². The van der Waals surface area contributed by atoms with Crippen LogP contribution in [0.5, 0.6) is 0 Å². The summed E-state index contributed by atoms with van der Waals surface area (Å²) in [5.74, 6) is 1.42. The largest absolute Gasteiger partial charge is 0.395 e. The van der Waals surface area contributed by atoms with Crippen molar-refractivity contribution in [2.45, 2.75) is 5.75 Å². The van der Waals surface area contributed by atoms with Crippen LogP contribution in [0.4, 0.5) is 5.13 Å². The highest BCUT2D eigenvalue weighted by Gasteiger charge is 2.08. The topological polar surface area (TPSA) is 160 Å². The molecule has 1 rings (SSSR count). The molecular formula is C11H18N8OS2. The van der Waals surface area contributed by atoms with Gasteiger partial charge in [-0.3, -0.25) is 5.41 Å². The van der Waals surface area contributed by atoms with E-state index in [0.717, 1.165) is 11.4 Å². The molecular weight excluding hydrogens is 324 g/mol. The van der Waals surface area contributed by atoms with E-state index in [9.17, 15) is 0 Å². The average Bonchev–Trinajstić information content (AvgIpc) is 2.89. The Morgan fingerprint density at radius 2 is 2.36 bits per heavy atom. The van der Waals surface area contributed by atoms with Crippen LogP contribution in [0.25, 0.3) is 0 Å². The van der Waals surface area contributed by atoms with E-state index in [-0.39, 0.29) is 18.5 Å². The molecule has 0 saturated heterocycles. The molecule has 120 valence electrons. The maximum Gasteiger partial charge on any atom is 0.209 e. The number of thiazole rings is 1. The lowest BCUT2D eigenvalue weighted by Crippen LogP contribution is -2.40. The van der Waals surface area contributed by atoms with Crippen LogP contribution in [0.3, 0.4) is 0 Å². The van der Waals surface area contributed by atoms with Crippen LogP contribution in [0.15, 0.2) is 10.4 Å². The van der Waals surface area contributed by atoms with Crippen molar-refractivity contribution in [2.24, 2.45) is 16.5 Å². The molecule has 11 heteroatoms. The van der Waals surface area contributed by atoms with Crippen molar-refractivity contribution in [3.63, 3.8) is 0 Å². The summed E-state index contributed by atoms with van der Waals surface area (Å²) in [5.41, 5.74) is 11.8.